The van der Waals surface area contributed by atoms with E-state index < -0.39 is 0 Å². The first-order valence-electron chi connectivity index (χ1n) is 6.13. The summed E-state index contributed by atoms with van der Waals surface area (Å²) in [4.78, 5) is 0. The second-order valence-electron chi connectivity index (χ2n) is 5.37. The van der Waals surface area contributed by atoms with E-state index in [0.717, 1.165) is 36.8 Å². The highest BCUT2D eigenvalue weighted by molar-refractivity contribution is 5.66. The zero-order valence-electron chi connectivity index (χ0n) is 11.1. The Hall–Kier alpha value is -1.23. The molecule has 96 valence electrons. The molecule has 1 unspecified atom stereocenters. The molecule has 1 aromatic heterocycles. The molecule has 1 atom stereocenters. The molecule has 0 amide bonds. The van der Waals surface area contributed by atoms with Crippen LogP contribution < -0.4 is 11.1 Å². The van der Waals surface area contributed by atoms with Crippen LogP contribution >= 0.6 is 0 Å². The Labute approximate surface area is 102 Å². The lowest BCUT2D eigenvalue weighted by molar-refractivity contribution is 0.185. The zero-order chi connectivity index (χ0) is 12.6. The monoisotopic (exact) mass is 238 g/mol. The number of aromatic nitrogens is 2. The number of hydrogen-bond acceptors (Lipinski definition) is 4. The molecule has 2 rings (SSSR count). The molecule has 0 saturated carbocycles. The fourth-order valence-corrected chi connectivity index (χ4v) is 2.11. The maximum absolute atomic E-state index is 6.09. The highest BCUT2D eigenvalue weighted by atomic mass is 16.5. The summed E-state index contributed by atoms with van der Waals surface area (Å²) < 4.78 is 7.40. The molecule has 1 aromatic rings. The quantitative estimate of drug-likeness (QED) is 0.844. The lowest BCUT2D eigenvalue weighted by Gasteiger charge is -2.26. The van der Waals surface area contributed by atoms with E-state index in [1.54, 1.807) is 0 Å². The average Bonchev–Trinajstić information content (AvgIpc) is 2.78. The second kappa shape index (κ2) is 4.22. The molecule has 0 bridgehead atoms. The number of nitrogens with two attached hydrogens (primary N) is 1. The van der Waals surface area contributed by atoms with Gasteiger partial charge in [-0.05, 0) is 34.1 Å². The van der Waals surface area contributed by atoms with Crippen molar-refractivity contribution in [1.29, 1.82) is 0 Å². The first-order valence-corrected chi connectivity index (χ1v) is 6.13. The van der Waals surface area contributed by atoms with E-state index in [2.05, 4.69) is 31.2 Å². The van der Waals surface area contributed by atoms with Crippen LogP contribution in [0, 0.1) is 6.92 Å². The Balaban J connectivity index is 2.30. The molecule has 0 spiro atoms. The molecule has 5 heteroatoms. The Morgan fingerprint density at radius 2 is 2.24 bits per heavy atom. The number of hydrogen-bond donors (Lipinski definition) is 2. The third-order valence-corrected chi connectivity index (χ3v) is 3.26. The van der Waals surface area contributed by atoms with E-state index in [1.807, 2.05) is 11.6 Å². The van der Waals surface area contributed by atoms with Crippen molar-refractivity contribution >= 4 is 11.5 Å². The Morgan fingerprint density at radius 3 is 2.76 bits per heavy atom. The van der Waals surface area contributed by atoms with Gasteiger partial charge >= 0.3 is 0 Å². The standard InChI is InChI=1S/C12H22N4O/c1-8(2)16-11(10(13)9(3)15-16)14-12(4)5-6-17-7-12/h8,14H,5-7,13H2,1-4H3. The lowest BCUT2D eigenvalue weighted by atomic mass is 10.0. The van der Waals surface area contributed by atoms with Crippen molar-refractivity contribution in [2.45, 2.75) is 45.7 Å². The van der Waals surface area contributed by atoms with E-state index in [0.29, 0.717) is 6.04 Å². The first-order chi connectivity index (χ1) is 7.93. The summed E-state index contributed by atoms with van der Waals surface area (Å²) in [5, 5.41) is 7.98. The predicted octanol–water partition coefficient (Wildman–Crippen LogP) is 1.95. The summed E-state index contributed by atoms with van der Waals surface area (Å²) in [6.07, 6.45) is 0.995. The van der Waals surface area contributed by atoms with Gasteiger partial charge in [0.2, 0.25) is 0 Å². The van der Waals surface area contributed by atoms with Crippen molar-refractivity contribution in [2.75, 3.05) is 24.3 Å². The van der Waals surface area contributed by atoms with Gasteiger partial charge < -0.3 is 15.8 Å². The number of aryl methyl sites for hydroxylation is 1. The summed E-state index contributed by atoms with van der Waals surface area (Å²) in [5.74, 6) is 0.922. The number of ether oxygens (including phenoxy) is 1. The smallest absolute Gasteiger partial charge is 0.148 e. The van der Waals surface area contributed by atoms with Gasteiger partial charge in [-0.15, -0.1) is 0 Å². The normalized spacial score (nSPS) is 24.5. The third kappa shape index (κ3) is 2.24. The number of anilines is 2. The molecule has 17 heavy (non-hydrogen) atoms. The molecular weight excluding hydrogens is 216 g/mol. The highest BCUT2D eigenvalue weighted by Gasteiger charge is 2.31. The number of rotatable bonds is 3. The Morgan fingerprint density at radius 1 is 1.53 bits per heavy atom. The van der Waals surface area contributed by atoms with Gasteiger partial charge in [-0.3, -0.25) is 0 Å². The van der Waals surface area contributed by atoms with Gasteiger partial charge in [-0.1, -0.05) is 0 Å². The van der Waals surface area contributed by atoms with Crippen LogP contribution in [0.2, 0.25) is 0 Å². The fraction of sp³-hybridized carbons (Fsp3) is 0.750. The lowest BCUT2D eigenvalue weighted by Crippen LogP contribution is -2.36. The van der Waals surface area contributed by atoms with Gasteiger partial charge in [-0.25, -0.2) is 4.68 Å². The Kier molecular flexibility index (Phi) is 3.03. The molecule has 0 radical (unpaired) electrons. The largest absolute Gasteiger partial charge is 0.394 e. The zero-order valence-corrected chi connectivity index (χ0v) is 11.1. The van der Waals surface area contributed by atoms with Crippen LogP contribution in [-0.4, -0.2) is 28.5 Å². The summed E-state index contributed by atoms with van der Waals surface area (Å²) in [5.41, 5.74) is 7.68. The SMILES string of the molecule is Cc1nn(C(C)C)c(NC2(C)CCOC2)c1N. The van der Waals surface area contributed by atoms with Crippen molar-refractivity contribution in [2.24, 2.45) is 0 Å². The van der Waals surface area contributed by atoms with Gasteiger partial charge in [0.15, 0.2) is 0 Å². The van der Waals surface area contributed by atoms with Crippen LogP contribution in [0.1, 0.15) is 38.9 Å². The van der Waals surface area contributed by atoms with Gasteiger partial charge in [0.25, 0.3) is 0 Å². The molecule has 5 nitrogen and oxygen atoms in total. The van der Waals surface area contributed by atoms with Crippen LogP contribution in [0.4, 0.5) is 11.5 Å². The van der Waals surface area contributed by atoms with Gasteiger partial charge in [0.05, 0.1) is 23.5 Å². The topological polar surface area (TPSA) is 65.1 Å². The maximum Gasteiger partial charge on any atom is 0.148 e. The molecule has 2 heterocycles. The van der Waals surface area contributed by atoms with Crippen molar-refractivity contribution in [3.63, 3.8) is 0 Å². The fourth-order valence-electron chi connectivity index (χ4n) is 2.11. The van der Waals surface area contributed by atoms with Gasteiger partial charge in [0, 0.05) is 12.6 Å². The summed E-state index contributed by atoms with van der Waals surface area (Å²) in [7, 11) is 0. The van der Waals surface area contributed by atoms with Crippen LogP contribution in [0.15, 0.2) is 0 Å². The molecular formula is C12H22N4O. The van der Waals surface area contributed by atoms with Gasteiger partial charge in [0.1, 0.15) is 5.82 Å². The second-order valence-corrected chi connectivity index (χ2v) is 5.37. The van der Waals surface area contributed by atoms with Crippen LogP contribution in [0.3, 0.4) is 0 Å². The van der Waals surface area contributed by atoms with Crippen molar-refractivity contribution < 1.29 is 4.74 Å². The third-order valence-electron chi connectivity index (χ3n) is 3.26. The van der Waals surface area contributed by atoms with E-state index in [-0.39, 0.29) is 5.54 Å². The summed E-state index contributed by atoms with van der Waals surface area (Å²) >= 11 is 0. The highest BCUT2D eigenvalue weighted by Crippen LogP contribution is 2.31. The average molecular weight is 238 g/mol. The Bertz CT molecular complexity index is 405. The molecule has 1 fully saturated rings. The molecule has 0 aromatic carbocycles. The van der Waals surface area contributed by atoms with Crippen LogP contribution in [0.5, 0.6) is 0 Å². The number of nitrogens with one attached hydrogen (secondary N) is 1. The van der Waals surface area contributed by atoms with Crippen molar-refractivity contribution in [1.82, 2.24) is 9.78 Å². The van der Waals surface area contributed by atoms with Crippen LogP contribution in [0.25, 0.3) is 0 Å². The van der Waals surface area contributed by atoms with E-state index in [1.165, 1.54) is 0 Å². The molecule has 1 saturated heterocycles. The number of nitrogen functional groups attached to an aromatic ring is 1. The van der Waals surface area contributed by atoms with E-state index in [9.17, 15) is 0 Å². The minimum Gasteiger partial charge on any atom is -0.394 e. The number of nitrogens with zero attached hydrogens (tertiary/aromatic N) is 2. The van der Waals surface area contributed by atoms with E-state index >= 15 is 0 Å². The first kappa shape index (κ1) is 12.2. The molecule has 3 N–H and O–H groups in total. The van der Waals surface area contributed by atoms with Crippen LogP contribution in [-0.2, 0) is 4.74 Å². The summed E-state index contributed by atoms with van der Waals surface area (Å²) in [6, 6.07) is 0.291. The van der Waals surface area contributed by atoms with E-state index in [4.69, 9.17) is 10.5 Å². The maximum atomic E-state index is 6.09. The van der Waals surface area contributed by atoms with Gasteiger partial charge in [-0.2, -0.15) is 5.10 Å². The minimum atomic E-state index is -0.0345. The van der Waals surface area contributed by atoms with Crippen molar-refractivity contribution in [3.8, 4) is 0 Å². The molecule has 1 aliphatic rings. The molecule has 1 aliphatic heterocycles. The summed E-state index contributed by atoms with van der Waals surface area (Å²) in [6.45, 7) is 9.82. The minimum absolute atomic E-state index is 0.0345. The molecule has 0 aliphatic carbocycles. The van der Waals surface area contributed by atoms with Crippen molar-refractivity contribution in [3.05, 3.63) is 5.69 Å². The predicted molar refractivity (Wildman–Crippen MR) is 69.2 cm³/mol.